The number of nitrogens with one attached hydrogen (secondary N) is 2. The number of hydrogen-bond acceptors (Lipinski definition) is 6. The van der Waals surface area contributed by atoms with Crippen LogP contribution in [0.1, 0.15) is 15.9 Å². The minimum atomic E-state index is -1.45. The molecule has 0 radical (unpaired) electrons. The molecular weight excluding hydrogens is 331 g/mol. The lowest BCUT2D eigenvalue weighted by atomic mass is 10.1. The van der Waals surface area contributed by atoms with Gasteiger partial charge in [-0.25, -0.2) is 15.0 Å². The molecule has 7 N–H and O–H groups in total. The molecule has 2 rings (SSSR count). The van der Waals surface area contributed by atoms with Crippen LogP contribution in [-0.4, -0.2) is 27.2 Å². The SMILES string of the molecule is C#Cc1cc(NC(=O)/C(N)=C/N(N)c2cn[nH]c2)c(C(=O)O)cc1F. The highest BCUT2D eigenvalue weighted by molar-refractivity contribution is 6.07. The van der Waals surface area contributed by atoms with Crippen molar-refractivity contribution in [2.45, 2.75) is 0 Å². The minimum Gasteiger partial charge on any atom is -0.478 e. The van der Waals surface area contributed by atoms with E-state index in [1.54, 1.807) is 0 Å². The Morgan fingerprint density at radius 2 is 2.20 bits per heavy atom. The molecule has 128 valence electrons. The zero-order valence-corrected chi connectivity index (χ0v) is 12.7. The highest BCUT2D eigenvalue weighted by Gasteiger charge is 2.17. The van der Waals surface area contributed by atoms with Gasteiger partial charge >= 0.3 is 5.97 Å². The Labute approximate surface area is 141 Å². The molecule has 0 spiro atoms. The van der Waals surface area contributed by atoms with Crippen molar-refractivity contribution in [2.75, 3.05) is 10.3 Å². The van der Waals surface area contributed by atoms with Crippen LogP contribution in [-0.2, 0) is 4.79 Å². The van der Waals surface area contributed by atoms with Crippen molar-refractivity contribution >= 4 is 23.3 Å². The topological polar surface area (TPSA) is 150 Å². The van der Waals surface area contributed by atoms with Gasteiger partial charge in [0, 0.05) is 6.20 Å². The third-order valence-electron chi connectivity index (χ3n) is 3.06. The molecule has 0 fully saturated rings. The van der Waals surface area contributed by atoms with Gasteiger partial charge in [0.1, 0.15) is 11.5 Å². The van der Waals surface area contributed by atoms with Crippen LogP contribution in [0.3, 0.4) is 0 Å². The molecule has 25 heavy (non-hydrogen) atoms. The Balaban J connectivity index is 2.28. The molecule has 1 amide bonds. The predicted molar refractivity (Wildman–Crippen MR) is 87.4 cm³/mol. The zero-order valence-electron chi connectivity index (χ0n) is 12.7. The molecular formula is C15H13FN6O3. The number of carboxylic acids is 1. The summed E-state index contributed by atoms with van der Waals surface area (Å²) in [6.07, 6.45) is 9.10. The van der Waals surface area contributed by atoms with Crippen molar-refractivity contribution in [3.63, 3.8) is 0 Å². The summed E-state index contributed by atoms with van der Waals surface area (Å²) >= 11 is 0. The van der Waals surface area contributed by atoms with Crippen molar-refractivity contribution < 1.29 is 19.1 Å². The van der Waals surface area contributed by atoms with E-state index in [1.165, 1.54) is 12.4 Å². The van der Waals surface area contributed by atoms with E-state index in [9.17, 15) is 14.0 Å². The van der Waals surface area contributed by atoms with Crippen LogP contribution >= 0.6 is 0 Å². The largest absolute Gasteiger partial charge is 0.478 e. The van der Waals surface area contributed by atoms with E-state index in [2.05, 4.69) is 21.4 Å². The van der Waals surface area contributed by atoms with Gasteiger partial charge in [0.25, 0.3) is 5.91 Å². The summed E-state index contributed by atoms with van der Waals surface area (Å²) < 4.78 is 13.6. The summed E-state index contributed by atoms with van der Waals surface area (Å²) in [7, 11) is 0. The molecule has 0 aliphatic rings. The molecule has 9 nitrogen and oxygen atoms in total. The molecule has 1 heterocycles. The lowest BCUT2D eigenvalue weighted by molar-refractivity contribution is -0.112. The fourth-order valence-corrected chi connectivity index (χ4v) is 1.83. The Morgan fingerprint density at radius 1 is 1.48 bits per heavy atom. The highest BCUT2D eigenvalue weighted by atomic mass is 19.1. The maximum atomic E-state index is 13.6. The summed E-state index contributed by atoms with van der Waals surface area (Å²) in [5.41, 5.74) is 4.85. The number of aromatic nitrogens is 2. The second-order valence-corrected chi connectivity index (χ2v) is 4.73. The van der Waals surface area contributed by atoms with Gasteiger partial charge in [-0.15, -0.1) is 6.42 Å². The Morgan fingerprint density at radius 3 is 2.76 bits per heavy atom. The average molecular weight is 344 g/mol. The number of anilines is 2. The number of terminal acetylenes is 1. The molecule has 10 heteroatoms. The fourth-order valence-electron chi connectivity index (χ4n) is 1.83. The summed E-state index contributed by atoms with van der Waals surface area (Å²) in [4.78, 5) is 23.3. The van der Waals surface area contributed by atoms with Crippen molar-refractivity contribution in [3.05, 3.63) is 53.4 Å². The number of hydrogen-bond donors (Lipinski definition) is 5. The smallest absolute Gasteiger partial charge is 0.337 e. The normalized spacial score (nSPS) is 10.8. The molecule has 1 aromatic carbocycles. The fraction of sp³-hybridized carbons (Fsp3) is 0. The molecule has 2 aromatic rings. The minimum absolute atomic E-state index is 0.199. The summed E-state index contributed by atoms with van der Waals surface area (Å²) in [6, 6.07) is 1.74. The lowest BCUT2D eigenvalue weighted by Crippen LogP contribution is -2.29. The maximum Gasteiger partial charge on any atom is 0.337 e. The number of carbonyl (C=O) groups excluding carboxylic acids is 1. The van der Waals surface area contributed by atoms with Gasteiger partial charge in [-0.1, -0.05) is 5.92 Å². The molecule has 0 aliphatic carbocycles. The van der Waals surface area contributed by atoms with E-state index in [0.29, 0.717) is 11.8 Å². The van der Waals surface area contributed by atoms with Crippen LogP contribution in [0.5, 0.6) is 0 Å². The number of hydrazine groups is 1. The molecule has 0 aliphatic heterocycles. The van der Waals surface area contributed by atoms with Crippen molar-refractivity contribution in [1.82, 2.24) is 10.2 Å². The first-order chi connectivity index (χ1) is 11.8. The van der Waals surface area contributed by atoms with E-state index in [0.717, 1.165) is 17.3 Å². The van der Waals surface area contributed by atoms with E-state index >= 15 is 0 Å². The number of halogens is 1. The number of carbonyl (C=O) groups is 2. The van der Waals surface area contributed by atoms with E-state index in [1.807, 2.05) is 0 Å². The van der Waals surface area contributed by atoms with Gasteiger partial charge < -0.3 is 16.2 Å². The van der Waals surface area contributed by atoms with Crippen molar-refractivity contribution in [2.24, 2.45) is 11.6 Å². The number of carboxylic acid groups (broad SMARTS) is 1. The third-order valence-corrected chi connectivity index (χ3v) is 3.06. The predicted octanol–water partition coefficient (Wildman–Crippen LogP) is 0.347. The van der Waals surface area contributed by atoms with Crippen LogP contribution in [0.15, 0.2) is 36.4 Å². The zero-order chi connectivity index (χ0) is 18.6. The summed E-state index contributed by atoms with van der Waals surface area (Å²) in [5.74, 6) is 4.54. The van der Waals surface area contributed by atoms with Gasteiger partial charge in [0.2, 0.25) is 0 Å². The van der Waals surface area contributed by atoms with Crippen molar-refractivity contribution in [1.29, 1.82) is 0 Å². The monoisotopic (exact) mass is 344 g/mol. The first-order valence-corrected chi connectivity index (χ1v) is 6.68. The van der Waals surface area contributed by atoms with Crippen molar-refractivity contribution in [3.8, 4) is 12.3 Å². The van der Waals surface area contributed by atoms with Crippen LogP contribution in [0.4, 0.5) is 15.8 Å². The van der Waals surface area contributed by atoms with Gasteiger partial charge in [-0.05, 0) is 12.1 Å². The number of nitrogens with zero attached hydrogens (tertiary/aromatic N) is 2. The second-order valence-electron chi connectivity index (χ2n) is 4.73. The average Bonchev–Trinajstić information content (AvgIpc) is 3.10. The number of aromatic carboxylic acids is 1. The summed E-state index contributed by atoms with van der Waals surface area (Å²) in [5, 5.41) is 18.6. The Kier molecular flexibility index (Phi) is 5.01. The van der Waals surface area contributed by atoms with Gasteiger partial charge in [0.05, 0.1) is 34.9 Å². The quantitative estimate of drug-likeness (QED) is 0.227. The first-order valence-electron chi connectivity index (χ1n) is 6.68. The molecule has 0 saturated heterocycles. The number of amides is 1. The Hall–Kier alpha value is -3.84. The van der Waals surface area contributed by atoms with E-state index in [4.69, 9.17) is 23.1 Å². The molecule has 0 bridgehead atoms. The van der Waals surface area contributed by atoms with Crippen LogP contribution in [0.25, 0.3) is 0 Å². The third kappa shape index (κ3) is 3.92. The molecule has 1 aromatic heterocycles. The number of aromatic amines is 1. The Bertz CT molecular complexity index is 885. The second kappa shape index (κ2) is 7.16. The molecule has 0 atom stereocenters. The molecule has 0 unspecified atom stereocenters. The number of nitrogens with two attached hydrogens (primary N) is 2. The first kappa shape index (κ1) is 17.5. The summed E-state index contributed by atoms with van der Waals surface area (Å²) in [6.45, 7) is 0. The van der Waals surface area contributed by atoms with Crippen LogP contribution in [0.2, 0.25) is 0 Å². The number of H-pyrrole nitrogens is 1. The highest BCUT2D eigenvalue weighted by Crippen LogP contribution is 2.21. The van der Waals surface area contributed by atoms with Gasteiger partial charge in [-0.3, -0.25) is 14.9 Å². The van der Waals surface area contributed by atoms with E-state index in [-0.39, 0.29) is 16.9 Å². The standard InChI is InChI=1S/C15H13FN6O3/c1-2-8-3-13(10(15(24)25)4-11(8)16)21-14(23)12(17)7-22(18)9-5-19-20-6-9/h1,3-7H,17-18H2,(H,19,20)(H,21,23)(H,24,25)/b12-7-. The van der Waals surface area contributed by atoms with Gasteiger partial charge in [-0.2, -0.15) is 5.10 Å². The van der Waals surface area contributed by atoms with E-state index < -0.39 is 23.3 Å². The number of benzene rings is 1. The lowest BCUT2D eigenvalue weighted by Gasteiger charge is -2.13. The molecule has 0 saturated carbocycles. The number of rotatable bonds is 5. The van der Waals surface area contributed by atoms with Gasteiger partial charge in [0.15, 0.2) is 0 Å². The maximum absolute atomic E-state index is 13.6. The van der Waals surface area contributed by atoms with Crippen LogP contribution < -0.4 is 21.9 Å². The van der Waals surface area contributed by atoms with Crippen LogP contribution in [0, 0.1) is 18.2 Å².